The second-order valence-electron chi connectivity index (χ2n) is 3.55. The Kier molecular flexibility index (Phi) is 4.19. The first-order valence-electron chi connectivity index (χ1n) is 4.06. The van der Waals surface area contributed by atoms with Crippen molar-refractivity contribution in [1.29, 1.82) is 0 Å². The summed E-state index contributed by atoms with van der Waals surface area (Å²) < 4.78 is 0.186. The van der Waals surface area contributed by atoms with Gasteiger partial charge in [0.15, 0.2) is 0 Å². The van der Waals surface area contributed by atoms with Crippen molar-refractivity contribution in [3.05, 3.63) is 0 Å². The highest BCUT2D eigenvalue weighted by atomic mass is 79.9. The van der Waals surface area contributed by atoms with E-state index in [1.165, 1.54) is 25.7 Å². The minimum Gasteiger partial charge on any atom is -0.0890 e. The zero-order valence-electron chi connectivity index (χ0n) is 6.92. The lowest BCUT2D eigenvalue weighted by Gasteiger charge is -2.41. The maximum atomic E-state index is 3.83. The molecule has 72 valence electrons. The van der Waals surface area contributed by atoms with Crippen molar-refractivity contribution < 1.29 is 0 Å². The Bertz CT molecular complexity index is 163. The van der Waals surface area contributed by atoms with Crippen molar-refractivity contribution in [2.75, 3.05) is 0 Å². The summed E-state index contributed by atoms with van der Waals surface area (Å²) in [4.78, 5) is 0.653. The molecule has 0 aromatic heterocycles. The van der Waals surface area contributed by atoms with Gasteiger partial charge in [-0.2, -0.15) is 0 Å². The van der Waals surface area contributed by atoms with Crippen LogP contribution in [0.5, 0.6) is 0 Å². The van der Waals surface area contributed by atoms with Crippen molar-refractivity contribution in [2.24, 2.45) is 0 Å². The summed E-state index contributed by atoms with van der Waals surface area (Å²) in [5.74, 6) is 0. The highest BCUT2D eigenvalue weighted by Crippen LogP contribution is 2.52. The molecule has 0 N–H and O–H groups in total. The van der Waals surface area contributed by atoms with Crippen molar-refractivity contribution >= 4 is 63.7 Å². The second-order valence-corrected chi connectivity index (χ2v) is 10.6. The molecular formula is C8H12Br4. The number of halogens is 4. The van der Waals surface area contributed by atoms with E-state index < -0.39 is 0 Å². The summed E-state index contributed by atoms with van der Waals surface area (Å²) in [6.07, 6.45) is 4.97. The molecule has 0 heterocycles. The molecule has 0 saturated heterocycles. The van der Waals surface area contributed by atoms with E-state index in [0.29, 0.717) is 4.83 Å². The monoisotopic (exact) mass is 424 g/mol. The lowest BCUT2D eigenvalue weighted by molar-refractivity contribution is 0.408. The van der Waals surface area contributed by atoms with Crippen LogP contribution in [0.2, 0.25) is 0 Å². The van der Waals surface area contributed by atoms with E-state index in [0.717, 1.165) is 0 Å². The van der Waals surface area contributed by atoms with Crippen LogP contribution >= 0.6 is 63.7 Å². The van der Waals surface area contributed by atoms with Gasteiger partial charge >= 0.3 is 0 Å². The molecule has 0 amide bonds. The van der Waals surface area contributed by atoms with Crippen LogP contribution in [0.25, 0.3) is 0 Å². The highest BCUT2D eigenvalue weighted by Gasteiger charge is 2.45. The zero-order chi connectivity index (χ0) is 9.41. The van der Waals surface area contributed by atoms with Gasteiger partial charge in [-0.05, 0) is 26.2 Å². The molecule has 0 aliphatic heterocycles. The zero-order valence-corrected chi connectivity index (χ0v) is 13.3. The van der Waals surface area contributed by atoms with E-state index in [2.05, 4.69) is 70.6 Å². The average molecular weight is 428 g/mol. The molecular weight excluding hydrogens is 416 g/mol. The van der Waals surface area contributed by atoms with Gasteiger partial charge in [0.25, 0.3) is 0 Å². The molecule has 0 bridgehead atoms. The second kappa shape index (κ2) is 4.19. The molecule has 4 heteroatoms. The first kappa shape index (κ1) is 12.0. The van der Waals surface area contributed by atoms with Crippen molar-refractivity contribution in [3.8, 4) is 0 Å². The fourth-order valence-electron chi connectivity index (χ4n) is 1.56. The van der Waals surface area contributed by atoms with Crippen molar-refractivity contribution in [3.63, 3.8) is 0 Å². The molecule has 1 saturated carbocycles. The van der Waals surface area contributed by atoms with Crippen LogP contribution < -0.4 is 0 Å². The molecule has 0 aromatic carbocycles. The summed E-state index contributed by atoms with van der Waals surface area (Å²) in [5, 5.41) is 0. The van der Waals surface area contributed by atoms with Crippen LogP contribution in [-0.2, 0) is 0 Å². The normalized spacial score (nSPS) is 38.2. The summed E-state index contributed by atoms with van der Waals surface area (Å²) in [6, 6.07) is 0. The number of hydrogen-bond acceptors (Lipinski definition) is 0. The van der Waals surface area contributed by atoms with Crippen LogP contribution in [0.4, 0.5) is 0 Å². The Morgan fingerprint density at radius 2 is 2.00 bits per heavy atom. The largest absolute Gasteiger partial charge is 0.0930 e. The van der Waals surface area contributed by atoms with Crippen LogP contribution in [0.3, 0.4) is 0 Å². The van der Waals surface area contributed by atoms with E-state index in [4.69, 9.17) is 0 Å². The van der Waals surface area contributed by atoms with Crippen LogP contribution in [0.15, 0.2) is 0 Å². The number of alkyl halides is 4. The van der Waals surface area contributed by atoms with Gasteiger partial charge in [-0.3, -0.25) is 0 Å². The summed E-state index contributed by atoms with van der Waals surface area (Å²) >= 11 is 14.9. The van der Waals surface area contributed by atoms with Gasteiger partial charge in [-0.1, -0.05) is 70.1 Å². The molecule has 0 spiro atoms. The van der Waals surface area contributed by atoms with Crippen LogP contribution in [0, 0.1) is 0 Å². The van der Waals surface area contributed by atoms with Gasteiger partial charge in [0, 0.05) is 4.83 Å². The Hall–Kier alpha value is 1.92. The van der Waals surface area contributed by atoms with E-state index in [9.17, 15) is 0 Å². The Labute approximate surface area is 108 Å². The lowest BCUT2D eigenvalue weighted by atomic mass is 9.87. The quantitative estimate of drug-likeness (QED) is 0.519. The average Bonchev–Trinajstić information content (AvgIpc) is 1.83. The smallest absolute Gasteiger partial charge is 0.0890 e. The van der Waals surface area contributed by atoms with Gasteiger partial charge in [-0.15, -0.1) is 0 Å². The summed E-state index contributed by atoms with van der Waals surface area (Å²) in [7, 11) is 0. The molecule has 12 heavy (non-hydrogen) atoms. The van der Waals surface area contributed by atoms with Crippen LogP contribution in [-0.4, -0.2) is 12.4 Å². The maximum Gasteiger partial charge on any atom is 0.0930 e. The van der Waals surface area contributed by atoms with E-state index in [-0.39, 0.29) is 7.56 Å². The van der Waals surface area contributed by atoms with Gasteiger partial charge in [0.05, 0.1) is 7.56 Å². The predicted octanol–water partition coefficient (Wildman–Crippen LogP) is 4.96. The molecule has 1 aliphatic carbocycles. The van der Waals surface area contributed by atoms with Gasteiger partial charge in [0.2, 0.25) is 0 Å². The van der Waals surface area contributed by atoms with Gasteiger partial charge in [0.1, 0.15) is 0 Å². The Balaban J connectivity index is 2.70. The maximum absolute atomic E-state index is 3.83. The van der Waals surface area contributed by atoms with E-state index >= 15 is 0 Å². The fourth-order valence-corrected chi connectivity index (χ4v) is 4.26. The van der Waals surface area contributed by atoms with E-state index in [1.807, 2.05) is 0 Å². The molecule has 1 rings (SSSR count). The molecule has 1 fully saturated rings. The molecule has 2 unspecified atom stereocenters. The third kappa shape index (κ3) is 2.71. The van der Waals surface area contributed by atoms with Crippen molar-refractivity contribution in [2.45, 2.75) is 45.0 Å². The van der Waals surface area contributed by atoms with E-state index in [1.54, 1.807) is 0 Å². The summed E-state index contributed by atoms with van der Waals surface area (Å²) in [6.45, 7) is 2.16. The minimum atomic E-state index is -0.000556. The predicted molar refractivity (Wildman–Crippen MR) is 69.1 cm³/mol. The molecule has 0 radical (unpaired) electrons. The first-order chi connectivity index (χ1) is 5.35. The molecule has 2 atom stereocenters. The SMILES string of the molecule is CC(Br)(Br)C1(Br)CCCC(Br)C1. The number of rotatable bonds is 1. The molecule has 0 nitrogen and oxygen atoms in total. The fraction of sp³-hybridized carbons (Fsp3) is 1.00. The summed E-state index contributed by atoms with van der Waals surface area (Å²) in [5.41, 5.74) is 0. The van der Waals surface area contributed by atoms with Crippen LogP contribution in [0.1, 0.15) is 32.6 Å². The molecule has 1 aliphatic rings. The standard InChI is InChI=1S/C8H12Br4/c1-7(10,11)8(12)4-2-3-6(9)5-8/h6H,2-5H2,1H3. The van der Waals surface area contributed by atoms with Gasteiger partial charge in [-0.25, -0.2) is 0 Å². The number of hydrogen-bond donors (Lipinski definition) is 0. The highest BCUT2D eigenvalue weighted by molar-refractivity contribution is 9.26. The minimum absolute atomic E-state index is 0.000556. The van der Waals surface area contributed by atoms with Gasteiger partial charge < -0.3 is 0 Å². The Morgan fingerprint density at radius 1 is 1.42 bits per heavy atom. The first-order valence-corrected chi connectivity index (χ1v) is 7.35. The molecule has 0 aromatic rings. The van der Waals surface area contributed by atoms with Crippen molar-refractivity contribution in [1.82, 2.24) is 0 Å². The third-order valence-corrected chi connectivity index (χ3v) is 7.30. The topological polar surface area (TPSA) is 0 Å². The third-order valence-electron chi connectivity index (χ3n) is 2.42. The Morgan fingerprint density at radius 3 is 2.33 bits per heavy atom. The lowest BCUT2D eigenvalue weighted by Crippen LogP contribution is -2.42.